The monoisotopic (exact) mass is 368 g/mol. The van der Waals surface area contributed by atoms with E-state index < -0.39 is 6.09 Å². The Morgan fingerprint density at radius 2 is 1.89 bits per heavy atom. The lowest BCUT2D eigenvalue weighted by Crippen LogP contribution is -2.48. The number of rotatable bonds is 4. The van der Waals surface area contributed by atoms with Gasteiger partial charge in [-0.2, -0.15) is 0 Å². The van der Waals surface area contributed by atoms with Crippen LogP contribution in [0.3, 0.4) is 0 Å². The second kappa shape index (κ2) is 7.22. The van der Waals surface area contributed by atoms with Crippen molar-refractivity contribution in [2.24, 2.45) is 0 Å². The Hall–Kier alpha value is -3.16. The number of amides is 3. The number of carbonyl (C=O) groups excluding carboxylic acids is 3. The van der Waals surface area contributed by atoms with E-state index in [-0.39, 0.29) is 24.5 Å². The highest BCUT2D eigenvalue weighted by Gasteiger charge is 2.39. The smallest absolute Gasteiger partial charge is 0.417 e. The first-order chi connectivity index (χ1) is 13.1. The van der Waals surface area contributed by atoms with Crippen LogP contribution in [0.1, 0.15) is 28.8 Å². The predicted molar refractivity (Wildman–Crippen MR) is 94.9 cm³/mol. The van der Waals surface area contributed by atoms with Crippen LogP contribution in [0.5, 0.6) is 0 Å². The number of cyclic esters (lactones) is 1. The molecule has 2 fully saturated rings. The molecule has 3 amide bonds. The Balaban J connectivity index is 1.35. The number of likely N-dealkylation sites (tertiary alicyclic amines) is 1. The van der Waals surface area contributed by atoms with Crippen LogP contribution in [0.25, 0.3) is 0 Å². The lowest BCUT2D eigenvalue weighted by Gasteiger charge is -2.34. The first-order valence-corrected chi connectivity index (χ1v) is 8.94. The first kappa shape index (κ1) is 17.3. The van der Waals surface area contributed by atoms with Crippen LogP contribution in [0.2, 0.25) is 0 Å². The van der Waals surface area contributed by atoms with Gasteiger partial charge >= 0.3 is 6.09 Å². The van der Waals surface area contributed by atoms with Gasteiger partial charge in [-0.25, -0.2) is 14.7 Å². The third kappa shape index (κ3) is 3.55. The van der Waals surface area contributed by atoms with Crippen molar-refractivity contribution >= 4 is 17.9 Å². The summed E-state index contributed by atoms with van der Waals surface area (Å²) in [6.45, 7) is 1.55. The topological polar surface area (TPSA) is 84.7 Å². The molecule has 2 aliphatic rings. The van der Waals surface area contributed by atoms with Gasteiger partial charge in [0.1, 0.15) is 0 Å². The third-order valence-corrected chi connectivity index (χ3v) is 5.03. The molecule has 0 radical (unpaired) electrons. The second-order valence-corrected chi connectivity index (χ2v) is 6.77. The molecular weight excluding hydrogens is 348 g/mol. The highest BCUT2D eigenvalue weighted by atomic mass is 16.6. The fourth-order valence-electron chi connectivity index (χ4n) is 3.57. The number of hydrogen-bond acceptors (Lipinski definition) is 5. The fourth-order valence-corrected chi connectivity index (χ4v) is 3.57. The molecule has 8 heteroatoms. The molecule has 0 spiro atoms. The summed E-state index contributed by atoms with van der Waals surface area (Å²) in [6, 6.07) is 7.37. The maximum Gasteiger partial charge on any atom is 0.417 e. The highest BCUT2D eigenvalue weighted by Crippen LogP contribution is 2.22. The molecule has 0 saturated carbocycles. The van der Waals surface area contributed by atoms with Gasteiger partial charge in [0.25, 0.3) is 11.8 Å². The molecule has 0 unspecified atom stereocenters. The van der Waals surface area contributed by atoms with Gasteiger partial charge in [0.2, 0.25) is 0 Å². The Labute approximate surface area is 156 Å². The van der Waals surface area contributed by atoms with E-state index in [0.29, 0.717) is 38.0 Å². The van der Waals surface area contributed by atoms with Crippen molar-refractivity contribution < 1.29 is 19.1 Å². The number of aromatic nitrogens is 2. The van der Waals surface area contributed by atoms with Crippen LogP contribution in [-0.4, -0.2) is 63.0 Å². The largest absolute Gasteiger partial charge is 0.439 e. The van der Waals surface area contributed by atoms with Crippen molar-refractivity contribution in [3.05, 3.63) is 54.1 Å². The zero-order valence-corrected chi connectivity index (χ0v) is 14.8. The molecule has 1 aromatic heterocycles. The van der Waals surface area contributed by atoms with Crippen molar-refractivity contribution in [2.45, 2.75) is 25.4 Å². The van der Waals surface area contributed by atoms with E-state index in [9.17, 15) is 14.4 Å². The SMILES string of the molecule is O=C(c1ccc(Cn2ccnc2)cc1)N1CCC(N2C(=O)COC2=O)CC1. The van der Waals surface area contributed by atoms with Crippen LogP contribution < -0.4 is 0 Å². The molecule has 4 rings (SSSR count). The summed E-state index contributed by atoms with van der Waals surface area (Å²) in [6.07, 6.45) is 5.96. The summed E-state index contributed by atoms with van der Waals surface area (Å²) in [5.41, 5.74) is 1.73. The lowest BCUT2D eigenvalue weighted by atomic mass is 10.0. The average Bonchev–Trinajstić information content (AvgIpc) is 3.32. The normalized spacial score (nSPS) is 18.1. The van der Waals surface area contributed by atoms with Crippen molar-refractivity contribution in [1.29, 1.82) is 0 Å². The highest BCUT2D eigenvalue weighted by molar-refractivity contribution is 5.98. The van der Waals surface area contributed by atoms with Crippen molar-refractivity contribution in [1.82, 2.24) is 19.4 Å². The molecule has 2 aromatic rings. The van der Waals surface area contributed by atoms with Crippen LogP contribution in [0, 0.1) is 0 Å². The molecule has 0 aliphatic carbocycles. The number of hydrogen-bond donors (Lipinski definition) is 0. The predicted octanol–water partition coefficient (Wildman–Crippen LogP) is 1.51. The molecular formula is C19H20N4O4. The minimum absolute atomic E-state index is 0.0297. The maximum atomic E-state index is 12.7. The Kier molecular flexibility index (Phi) is 4.62. The van der Waals surface area contributed by atoms with E-state index in [1.54, 1.807) is 17.4 Å². The van der Waals surface area contributed by atoms with Gasteiger partial charge in [-0.1, -0.05) is 12.1 Å². The number of piperidine rings is 1. The molecule has 0 N–H and O–H groups in total. The number of imide groups is 1. The van der Waals surface area contributed by atoms with Gasteiger partial charge in [-0.3, -0.25) is 9.59 Å². The van der Waals surface area contributed by atoms with E-state index in [4.69, 9.17) is 4.74 Å². The van der Waals surface area contributed by atoms with Gasteiger partial charge in [0.15, 0.2) is 6.61 Å². The first-order valence-electron chi connectivity index (χ1n) is 8.94. The number of carbonyl (C=O) groups is 3. The standard InChI is InChI=1S/C19H20N4O4/c24-17-12-27-19(26)23(17)16-5-8-22(9-6-16)18(25)15-3-1-14(2-4-15)11-21-10-7-20-13-21/h1-4,7,10,13,16H,5-6,8-9,11-12H2. The van der Waals surface area contributed by atoms with Crippen LogP contribution >= 0.6 is 0 Å². The summed E-state index contributed by atoms with van der Waals surface area (Å²) >= 11 is 0. The van der Waals surface area contributed by atoms with Crippen molar-refractivity contribution in [3.8, 4) is 0 Å². The molecule has 3 heterocycles. The number of benzene rings is 1. The minimum Gasteiger partial charge on any atom is -0.439 e. The minimum atomic E-state index is -0.571. The molecule has 1 aromatic carbocycles. The van der Waals surface area contributed by atoms with Crippen LogP contribution in [0.15, 0.2) is 43.0 Å². The lowest BCUT2D eigenvalue weighted by molar-refractivity contribution is -0.127. The van der Waals surface area contributed by atoms with Gasteiger partial charge in [0.05, 0.1) is 6.33 Å². The Bertz CT molecular complexity index is 823. The third-order valence-electron chi connectivity index (χ3n) is 5.03. The average molecular weight is 368 g/mol. The Morgan fingerprint density at radius 1 is 1.15 bits per heavy atom. The summed E-state index contributed by atoms with van der Waals surface area (Å²) in [4.78, 5) is 43.1. The molecule has 140 valence electrons. The van der Waals surface area contributed by atoms with Crippen molar-refractivity contribution in [2.75, 3.05) is 19.7 Å². The van der Waals surface area contributed by atoms with Gasteiger partial charge in [0, 0.05) is 43.6 Å². The van der Waals surface area contributed by atoms with Crippen LogP contribution in [0.4, 0.5) is 4.79 Å². The van der Waals surface area contributed by atoms with E-state index >= 15 is 0 Å². The van der Waals surface area contributed by atoms with E-state index in [0.717, 1.165) is 5.56 Å². The van der Waals surface area contributed by atoms with Gasteiger partial charge in [-0.15, -0.1) is 0 Å². The zero-order valence-electron chi connectivity index (χ0n) is 14.8. The van der Waals surface area contributed by atoms with Gasteiger partial charge in [-0.05, 0) is 30.5 Å². The van der Waals surface area contributed by atoms with E-state index in [2.05, 4.69) is 4.98 Å². The van der Waals surface area contributed by atoms with Crippen molar-refractivity contribution in [3.63, 3.8) is 0 Å². The second-order valence-electron chi connectivity index (χ2n) is 6.77. The molecule has 2 aliphatic heterocycles. The molecule has 8 nitrogen and oxygen atoms in total. The maximum absolute atomic E-state index is 12.7. The molecule has 27 heavy (non-hydrogen) atoms. The summed E-state index contributed by atoms with van der Waals surface area (Å²) < 4.78 is 6.74. The number of nitrogens with zero attached hydrogens (tertiary/aromatic N) is 4. The summed E-state index contributed by atoms with van der Waals surface area (Å²) in [7, 11) is 0. The summed E-state index contributed by atoms with van der Waals surface area (Å²) in [5.74, 6) is -0.323. The zero-order chi connectivity index (χ0) is 18.8. The van der Waals surface area contributed by atoms with E-state index in [1.807, 2.05) is 35.0 Å². The molecule has 0 atom stereocenters. The fraction of sp³-hybridized carbons (Fsp3) is 0.368. The number of imidazole rings is 1. The molecule has 2 saturated heterocycles. The Morgan fingerprint density at radius 3 is 2.48 bits per heavy atom. The van der Waals surface area contributed by atoms with E-state index in [1.165, 1.54) is 4.90 Å². The summed E-state index contributed by atoms with van der Waals surface area (Å²) in [5, 5.41) is 0. The quantitative estimate of drug-likeness (QED) is 0.817. The van der Waals surface area contributed by atoms with Gasteiger partial charge < -0.3 is 14.2 Å². The van der Waals surface area contributed by atoms with Crippen LogP contribution in [-0.2, 0) is 16.1 Å². The molecule has 0 bridgehead atoms. The number of ether oxygens (including phenoxy) is 1.